The topological polar surface area (TPSA) is 176 Å². The van der Waals surface area contributed by atoms with Gasteiger partial charge in [-0.05, 0) is 38.7 Å². The molecule has 5 rings (SSSR count). The van der Waals surface area contributed by atoms with Gasteiger partial charge >= 0.3 is 0 Å². The minimum Gasteiger partial charge on any atom is -0.383 e. The number of primary amides is 1. The Kier molecular flexibility index (Phi) is 7.16. The van der Waals surface area contributed by atoms with Crippen LogP contribution in [0.1, 0.15) is 54.8 Å². The molecule has 0 spiro atoms. The fourth-order valence-corrected chi connectivity index (χ4v) is 4.93. The summed E-state index contributed by atoms with van der Waals surface area (Å²) in [6.45, 7) is 1.61. The van der Waals surface area contributed by atoms with Crippen LogP contribution in [0, 0.1) is 5.92 Å². The van der Waals surface area contributed by atoms with Crippen LogP contribution in [-0.4, -0.2) is 61.1 Å². The first-order chi connectivity index (χ1) is 18.4. The Morgan fingerprint density at radius 2 is 1.97 bits per heavy atom. The minimum absolute atomic E-state index is 0.0330. The molecule has 4 aromatic rings. The summed E-state index contributed by atoms with van der Waals surface area (Å²) in [5, 5.41) is 4.40. The molecular weight excluding hydrogens is 488 g/mol. The summed E-state index contributed by atoms with van der Waals surface area (Å²) in [5.74, 6) is 0.215. The van der Waals surface area contributed by atoms with Gasteiger partial charge in [0.2, 0.25) is 5.91 Å². The molecule has 4 aromatic heterocycles. The van der Waals surface area contributed by atoms with Gasteiger partial charge in [0.05, 0.1) is 30.2 Å². The van der Waals surface area contributed by atoms with Crippen molar-refractivity contribution in [3.63, 3.8) is 0 Å². The zero-order chi connectivity index (χ0) is 26.8. The maximum absolute atomic E-state index is 12.7. The molecule has 198 valence electrons. The van der Waals surface area contributed by atoms with E-state index in [2.05, 4.69) is 20.1 Å². The maximum Gasteiger partial charge on any atom is 0.220 e. The van der Waals surface area contributed by atoms with Gasteiger partial charge in [-0.25, -0.2) is 9.97 Å². The number of pyridine rings is 1. The van der Waals surface area contributed by atoms with Crippen LogP contribution in [-0.2, 0) is 14.3 Å². The molecule has 1 amide bonds. The normalized spacial score (nSPS) is 18.5. The average molecular weight is 519 g/mol. The average Bonchev–Trinajstić information content (AvgIpc) is 3.60. The summed E-state index contributed by atoms with van der Waals surface area (Å²) < 4.78 is 13.3. The molecule has 1 aliphatic rings. The molecule has 1 unspecified atom stereocenters. The van der Waals surface area contributed by atoms with Crippen molar-refractivity contribution in [2.24, 2.45) is 11.7 Å². The second kappa shape index (κ2) is 10.7. The molecule has 1 fully saturated rings. The van der Waals surface area contributed by atoms with Gasteiger partial charge < -0.3 is 25.9 Å². The highest BCUT2D eigenvalue weighted by molar-refractivity contribution is 6.00. The molecule has 4 heterocycles. The lowest BCUT2D eigenvalue weighted by molar-refractivity contribution is -0.124. The molecule has 38 heavy (non-hydrogen) atoms. The number of aromatic nitrogens is 6. The van der Waals surface area contributed by atoms with Crippen LogP contribution in [0.3, 0.4) is 0 Å². The van der Waals surface area contributed by atoms with Crippen molar-refractivity contribution in [3.05, 3.63) is 48.2 Å². The van der Waals surface area contributed by atoms with Crippen molar-refractivity contribution in [3.8, 4) is 22.6 Å². The first-order valence-corrected chi connectivity index (χ1v) is 12.4. The summed E-state index contributed by atoms with van der Waals surface area (Å²) in [6, 6.07) is 3.75. The van der Waals surface area contributed by atoms with Crippen LogP contribution in [0.2, 0.25) is 0 Å². The summed E-state index contributed by atoms with van der Waals surface area (Å²) in [6.07, 6.45) is 8.93. The first kappa shape index (κ1) is 25.5. The first-order valence-electron chi connectivity index (χ1n) is 12.4. The number of carbonyl (C=O) groups excluding carboxylic acids is 2. The summed E-state index contributed by atoms with van der Waals surface area (Å²) in [7, 11) is 1.54. The lowest BCUT2D eigenvalue weighted by Crippen LogP contribution is -2.31. The molecule has 0 bridgehead atoms. The van der Waals surface area contributed by atoms with Crippen molar-refractivity contribution < 1.29 is 19.1 Å². The molecule has 12 nitrogen and oxygen atoms in total. The van der Waals surface area contributed by atoms with Crippen molar-refractivity contribution in [2.45, 2.75) is 44.8 Å². The standard InChI is InChI=1S/C26H30N8O4/c1-14(35)21-22(20(37-2)13-38-17-6-3-15(4-7-17)24(28)36)33-26-18(12-32-34(26)23(21)27)16-5-8-19(31-11-16)25-29-9-10-30-25/h5,8-12,15,17,20H,3-4,6-7,13,27H2,1-2H3,(H2,28,36)(H,29,30). The van der Waals surface area contributed by atoms with Crippen LogP contribution >= 0.6 is 0 Å². The van der Waals surface area contributed by atoms with E-state index in [9.17, 15) is 9.59 Å². The number of fused-ring (bicyclic) bond motifs is 1. The number of methoxy groups -OCH3 is 1. The van der Waals surface area contributed by atoms with E-state index in [-0.39, 0.29) is 41.7 Å². The predicted octanol–water partition coefficient (Wildman–Crippen LogP) is 2.71. The Balaban J connectivity index is 1.45. The lowest BCUT2D eigenvalue weighted by Gasteiger charge is -2.28. The van der Waals surface area contributed by atoms with Gasteiger partial charge in [-0.1, -0.05) is 6.07 Å². The maximum atomic E-state index is 12.7. The molecule has 1 saturated carbocycles. The summed E-state index contributed by atoms with van der Waals surface area (Å²) in [5.41, 5.74) is 15.2. The zero-order valence-corrected chi connectivity index (χ0v) is 21.3. The van der Waals surface area contributed by atoms with E-state index in [1.165, 1.54) is 11.4 Å². The smallest absolute Gasteiger partial charge is 0.220 e. The number of imidazole rings is 1. The zero-order valence-electron chi connectivity index (χ0n) is 21.3. The number of carbonyl (C=O) groups is 2. The minimum atomic E-state index is -0.641. The Morgan fingerprint density at radius 1 is 1.18 bits per heavy atom. The second-order valence-corrected chi connectivity index (χ2v) is 9.41. The van der Waals surface area contributed by atoms with Crippen LogP contribution in [0.4, 0.5) is 5.82 Å². The number of amides is 1. The highest BCUT2D eigenvalue weighted by atomic mass is 16.5. The molecular formula is C26H30N8O4. The number of anilines is 1. The van der Waals surface area contributed by atoms with Gasteiger partial charge in [0.15, 0.2) is 17.3 Å². The van der Waals surface area contributed by atoms with Crippen molar-refractivity contribution in [1.82, 2.24) is 29.5 Å². The number of Topliss-reactive ketones (excluding diaryl/α,β-unsaturated/α-hetero) is 1. The van der Waals surface area contributed by atoms with Gasteiger partial charge in [0.25, 0.3) is 0 Å². The second-order valence-electron chi connectivity index (χ2n) is 9.41. The molecule has 5 N–H and O–H groups in total. The summed E-state index contributed by atoms with van der Waals surface area (Å²) in [4.78, 5) is 40.7. The Bertz CT molecular complexity index is 1440. The number of H-pyrrole nitrogens is 1. The third-order valence-electron chi connectivity index (χ3n) is 7.03. The number of hydrogen-bond donors (Lipinski definition) is 3. The van der Waals surface area contributed by atoms with E-state index in [0.717, 1.165) is 18.4 Å². The molecule has 0 saturated heterocycles. The van der Waals surface area contributed by atoms with E-state index in [4.69, 9.17) is 25.9 Å². The third-order valence-corrected chi connectivity index (χ3v) is 7.03. The van der Waals surface area contributed by atoms with Gasteiger partial charge in [-0.15, -0.1) is 0 Å². The monoisotopic (exact) mass is 518 g/mol. The number of nitrogens with two attached hydrogens (primary N) is 2. The van der Waals surface area contributed by atoms with Gasteiger partial charge in [0.1, 0.15) is 17.6 Å². The fraction of sp³-hybridized carbons (Fsp3) is 0.385. The SMILES string of the molecule is COC(COC1CCC(C(N)=O)CC1)c1nc2c(-c3ccc(-c4ncc[nH]4)nc3)cnn2c(N)c1C(C)=O. The number of rotatable bonds is 9. The Hall–Kier alpha value is -4.16. The molecule has 0 radical (unpaired) electrons. The third kappa shape index (κ3) is 4.87. The number of aromatic amines is 1. The van der Waals surface area contributed by atoms with Crippen LogP contribution < -0.4 is 11.5 Å². The fourth-order valence-electron chi connectivity index (χ4n) is 4.93. The number of nitrogen functional groups attached to an aromatic ring is 1. The van der Waals surface area contributed by atoms with E-state index in [1.807, 2.05) is 12.1 Å². The number of nitrogens with zero attached hydrogens (tertiary/aromatic N) is 5. The molecule has 1 atom stereocenters. The summed E-state index contributed by atoms with van der Waals surface area (Å²) >= 11 is 0. The Morgan fingerprint density at radius 3 is 2.58 bits per heavy atom. The van der Waals surface area contributed by atoms with Crippen molar-refractivity contribution in [2.75, 3.05) is 19.5 Å². The van der Waals surface area contributed by atoms with E-state index < -0.39 is 6.10 Å². The number of ether oxygens (including phenoxy) is 2. The van der Waals surface area contributed by atoms with Crippen molar-refractivity contribution in [1.29, 1.82) is 0 Å². The number of hydrogen-bond acceptors (Lipinski definition) is 9. The molecule has 1 aliphatic carbocycles. The van der Waals surface area contributed by atoms with Crippen LogP contribution in [0.5, 0.6) is 0 Å². The highest BCUT2D eigenvalue weighted by Gasteiger charge is 2.29. The predicted molar refractivity (Wildman–Crippen MR) is 139 cm³/mol. The molecule has 0 aliphatic heterocycles. The highest BCUT2D eigenvalue weighted by Crippen LogP contribution is 2.32. The molecule has 12 heteroatoms. The largest absolute Gasteiger partial charge is 0.383 e. The number of ketones is 1. The number of nitrogens with one attached hydrogen (secondary N) is 1. The lowest BCUT2D eigenvalue weighted by atomic mass is 9.87. The Labute approximate surface area is 218 Å². The van der Waals surface area contributed by atoms with E-state index in [0.29, 0.717) is 41.3 Å². The molecule has 0 aromatic carbocycles. The van der Waals surface area contributed by atoms with E-state index >= 15 is 0 Å². The quantitative estimate of drug-likeness (QED) is 0.281. The van der Waals surface area contributed by atoms with Gasteiger partial charge in [-0.2, -0.15) is 9.61 Å². The van der Waals surface area contributed by atoms with Gasteiger partial charge in [0, 0.05) is 42.7 Å². The van der Waals surface area contributed by atoms with Crippen molar-refractivity contribution >= 4 is 23.2 Å². The van der Waals surface area contributed by atoms with E-state index in [1.54, 1.807) is 31.9 Å². The van der Waals surface area contributed by atoms with Crippen LogP contribution in [0.15, 0.2) is 36.9 Å². The van der Waals surface area contributed by atoms with Gasteiger partial charge in [-0.3, -0.25) is 14.6 Å². The van der Waals surface area contributed by atoms with Crippen LogP contribution in [0.25, 0.3) is 28.3 Å².